The lowest BCUT2D eigenvalue weighted by atomic mass is 9.84. The van der Waals surface area contributed by atoms with Crippen molar-refractivity contribution in [3.05, 3.63) is 111 Å². The highest BCUT2D eigenvalue weighted by atomic mass is 32.1. The van der Waals surface area contributed by atoms with E-state index in [0.29, 0.717) is 19.3 Å². The van der Waals surface area contributed by atoms with Crippen molar-refractivity contribution >= 4 is 46.7 Å². The number of nitrogens with zero attached hydrogens (tertiary/aromatic N) is 3. The van der Waals surface area contributed by atoms with Gasteiger partial charge in [-0.1, -0.05) is 89.6 Å². The Morgan fingerprint density at radius 1 is 0.859 bits per heavy atom. The summed E-state index contributed by atoms with van der Waals surface area (Å²) < 4.78 is 81.5. The van der Waals surface area contributed by atoms with E-state index in [1.807, 2.05) is 74.2 Å². The molecule has 17 nitrogen and oxygen atoms in total. The Morgan fingerprint density at radius 2 is 1.51 bits per heavy atom. The molecule has 3 N–H and O–H groups in total. The fourth-order valence-electron chi connectivity index (χ4n) is 11.0. The molecule has 3 aromatic carbocycles. The number of amides is 4. The van der Waals surface area contributed by atoms with Crippen LogP contribution in [0.4, 0.5) is 18.0 Å². The number of aryl methyl sites for hydroxylation is 1. The number of fused-ring (bicyclic) bond motifs is 2. The lowest BCUT2D eigenvalue weighted by molar-refractivity contribution is -0.153. The van der Waals surface area contributed by atoms with E-state index in [1.165, 1.54) is 30.1 Å². The first kappa shape index (κ1) is 66.1. The van der Waals surface area contributed by atoms with Gasteiger partial charge in [-0.2, -0.15) is 0 Å². The standard InChI is InChI=1S/C64H85F3N6O11S/c1-13-38(2)54(71-61(78)84-63(8,9)10)60(77)83-45-32-51(58(75)68-33-41-18-20-42(21-19-41)56-40(4)69-37-85-56)72(34-45)59(76)57(62(5,6)7)70-52(74)35-81-25-24-79-22-23-80-26-27-82-44-30-49(65)53(50(66)31-44)55-48-29-43-16-14-15-17-46(43)47(48)28-39(3)73(55)36-64(11,12)67/h14-21,30-31,37-39,45,51,54-55,57H,13,22-29,32-36H2,1-12H3,(H,68,75)(H,70,74)(H,71,78)/t38-,39+,45+,51-,54-,55-,57+/m0/s1. The molecule has 0 unspecified atom stereocenters. The van der Waals surface area contributed by atoms with Crippen LogP contribution in [0.5, 0.6) is 5.75 Å². The number of benzene rings is 3. The van der Waals surface area contributed by atoms with Crippen molar-refractivity contribution in [1.29, 1.82) is 0 Å². The van der Waals surface area contributed by atoms with Gasteiger partial charge in [0.1, 0.15) is 66.1 Å². The molecule has 4 aromatic rings. The fourth-order valence-corrected chi connectivity index (χ4v) is 11.8. The van der Waals surface area contributed by atoms with Crippen LogP contribution in [0.25, 0.3) is 16.0 Å². The summed E-state index contributed by atoms with van der Waals surface area (Å²) in [7, 11) is 0. The minimum Gasteiger partial charge on any atom is -0.491 e. The SMILES string of the molecule is CC[C@H](C)[C@H](NC(=O)OC(C)(C)C)C(=O)O[C@@H]1C[C@@H](C(=O)NCc2ccc(-c3scnc3C)cc2)N(C(=O)[C@@H](NC(=O)COCCOCCOCCOc2cc(F)c([C@@H]3C4=C(C[C@@H](C)N3CC(C)(C)F)c3ccccc3C4)c(F)c2)C(C)(C)C)C1. The van der Waals surface area contributed by atoms with Crippen LogP contribution >= 0.6 is 11.3 Å². The number of alkyl carbamates (subject to hydrolysis) is 1. The minimum absolute atomic E-state index is 0.000319. The van der Waals surface area contributed by atoms with Crippen molar-refractivity contribution in [2.45, 2.75) is 163 Å². The number of hydrogen-bond donors (Lipinski definition) is 3. The van der Waals surface area contributed by atoms with Crippen molar-refractivity contribution in [3.8, 4) is 16.2 Å². The second kappa shape index (κ2) is 28.9. The molecule has 0 saturated carbocycles. The summed E-state index contributed by atoms with van der Waals surface area (Å²) in [5, 5.41) is 8.41. The quantitative estimate of drug-likeness (QED) is 0.0397. The molecule has 0 radical (unpaired) electrons. The van der Waals surface area contributed by atoms with E-state index in [4.69, 9.17) is 28.4 Å². The number of ether oxygens (including phenoxy) is 6. The Balaban J connectivity index is 0.881. The lowest BCUT2D eigenvalue weighted by Crippen LogP contribution is -2.58. The van der Waals surface area contributed by atoms with E-state index in [0.717, 1.165) is 56.1 Å². The Morgan fingerprint density at radius 3 is 2.12 bits per heavy atom. The summed E-state index contributed by atoms with van der Waals surface area (Å²) >= 11 is 1.53. The molecule has 1 aromatic heterocycles. The van der Waals surface area contributed by atoms with Crippen LogP contribution in [0.1, 0.15) is 129 Å². The average molecular weight is 1200 g/mol. The van der Waals surface area contributed by atoms with Crippen molar-refractivity contribution in [2.75, 3.05) is 59.3 Å². The van der Waals surface area contributed by atoms with Crippen molar-refractivity contribution in [3.63, 3.8) is 0 Å². The molecule has 1 saturated heterocycles. The zero-order valence-electron chi connectivity index (χ0n) is 51.2. The number of esters is 1. The average Bonchev–Trinajstić information content (AvgIpc) is 1.83. The Labute approximate surface area is 502 Å². The summed E-state index contributed by atoms with van der Waals surface area (Å²) in [5.74, 6) is -4.28. The predicted molar refractivity (Wildman–Crippen MR) is 318 cm³/mol. The van der Waals surface area contributed by atoms with Gasteiger partial charge in [0, 0.05) is 43.2 Å². The van der Waals surface area contributed by atoms with Crippen LogP contribution < -0.4 is 20.7 Å². The molecule has 0 bridgehead atoms. The molecule has 0 spiro atoms. The molecule has 1 fully saturated rings. The number of nitrogens with one attached hydrogen (secondary N) is 3. The number of carbonyl (C=O) groups excluding carboxylic acids is 5. The maximum absolute atomic E-state index is 16.1. The van der Waals surface area contributed by atoms with E-state index in [9.17, 15) is 24.0 Å². The summed E-state index contributed by atoms with van der Waals surface area (Å²) in [4.78, 5) is 77.6. The van der Waals surface area contributed by atoms with Gasteiger partial charge in [-0.15, -0.1) is 11.3 Å². The maximum atomic E-state index is 16.1. The van der Waals surface area contributed by atoms with Crippen LogP contribution in [-0.4, -0.2) is 145 Å². The maximum Gasteiger partial charge on any atom is 0.408 e. The number of alkyl halides is 1. The third kappa shape index (κ3) is 17.9. The predicted octanol–water partition coefficient (Wildman–Crippen LogP) is 10.0. The molecule has 464 valence electrons. The van der Waals surface area contributed by atoms with E-state index < -0.39 is 95.0 Å². The molecular weight excluding hydrogens is 1120 g/mol. The second-order valence-electron chi connectivity index (χ2n) is 25.0. The number of hydrogen-bond acceptors (Lipinski definition) is 14. The van der Waals surface area contributed by atoms with Crippen LogP contribution in [0, 0.1) is 29.9 Å². The molecule has 2 aliphatic heterocycles. The molecule has 7 atom stereocenters. The molecule has 7 rings (SSSR count). The highest BCUT2D eigenvalue weighted by Gasteiger charge is 2.47. The van der Waals surface area contributed by atoms with Crippen LogP contribution in [0.15, 0.2) is 71.7 Å². The topological polar surface area (TPSA) is 196 Å². The molecule has 85 heavy (non-hydrogen) atoms. The first-order valence-electron chi connectivity index (χ1n) is 29.3. The highest BCUT2D eigenvalue weighted by Crippen LogP contribution is 2.50. The van der Waals surface area contributed by atoms with Gasteiger partial charge < -0.3 is 49.3 Å². The Hall–Kier alpha value is -6.39. The third-order valence-electron chi connectivity index (χ3n) is 15.3. The lowest BCUT2D eigenvalue weighted by Gasteiger charge is -2.44. The molecule has 1 aliphatic carbocycles. The number of rotatable bonds is 26. The minimum atomic E-state index is -1.60. The number of aromatic nitrogens is 1. The first-order chi connectivity index (χ1) is 40.1. The van der Waals surface area contributed by atoms with Gasteiger partial charge in [0.2, 0.25) is 17.7 Å². The number of halogens is 3. The highest BCUT2D eigenvalue weighted by molar-refractivity contribution is 7.13. The zero-order chi connectivity index (χ0) is 62.0. The van der Waals surface area contributed by atoms with Gasteiger partial charge in [0.25, 0.3) is 0 Å². The number of carbonyl (C=O) groups is 5. The van der Waals surface area contributed by atoms with Crippen LogP contribution in [-0.2, 0) is 55.8 Å². The number of thiazole rings is 1. The van der Waals surface area contributed by atoms with Gasteiger partial charge in [-0.25, -0.2) is 27.7 Å². The van der Waals surface area contributed by atoms with Gasteiger partial charge in [-0.05, 0) is 106 Å². The largest absolute Gasteiger partial charge is 0.491 e. The molecular formula is C64H85F3N6O11S. The van der Waals surface area contributed by atoms with Gasteiger partial charge >= 0.3 is 12.1 Å². The molecule has 3 heterocycles. The van der Waals surface area contributed by atoms with Gasteiger partial charge in [0.05, 0.1) is 61.7 Å². The van der Waals surface area contributed by atoms with Crippen molar-refractivity contribution in [1.82, 2.24) is 30.7 Å². The van der Waals surface area contributed by atoms with E-state index >= 15 is 13.2 Å². The molecule has 4 amide bonds. The van der Waals surface area contributed by atoms with Crippen molar-refractivity contribution < 1.29 is 65.6 Å². The Bertz CT molecular complexity index is 2990. The molecule has 21 heteroatoms. The monoisotopic (exact) mass is 1200 g/mol. The summed E-state index contributed by atoms with van der Waals surface area (Å²) in [6.07, 6.45) is -0.0776. The normalized spacial score (nSPS) is 19.2. The first-order valence-corrected chi connectivity index (χ1v) is 30.2. The Kier molecular flexibility index (Phi) is 22.5. The number of likely N-dealkylation sites (tertiary alicyclic amines) is 1. The van der Waals surface area contributed by atoms with Gasteiger partial charge in [0.15, 0.2) is 0 Å². The van der Waals surface area contributed by atoms with E-state index in [2.05, 4.69) is 20.9 Å². The zero-order valence-corrected chi connectivity index (χ0v) is 52.0. The summed E-state index contributed by atoms with van der Waals surface area (Å²) in [6, 6.07) is 13.7. The van der Waals surface area contributed by atoms with E-state index in [1.54, 1.807) is 54.0 Å². The van der Waals surface area contributed by atoms with Crippen LogP contribution in [0.2, 0.25) is 0 Å². The summed E-state index contributed by atoms with van der Waals surface area (Å²) in [6.45, 7) is 21.1. The van der Waals surface area contributed by atoms with Crippen molar-refractivity contribution in [2.24, 2.45) is 11.3 Å². The third-order valence-corrected chi connectivity index (χ3v) is 16.3. The van der Waals surface area contributed by atoms with Crippen LogP contribution in [0.3, 0.4) is 0 Å². The van der Waals surface area contributed by atoms with E-state index in [-0.39, 0.29) is 89.0 Å². The smallest absolute Gasteiger partial charge is 0.408 e. The fraction of sp³-hybridized carbons (Fsp3) is 0.562. The van der Waals surface area contributed by atoms with Gasteiger partial charge in [-0.3, -0.25) is 19.3 Å². The molecule has 3 aliphatic rings. The summed E-state index contributed by atoms with van der Waals surface area (Å²) in [5.41, 5.74) is 5.22. The second-order valence-corrected chi connectivity index (χ2v) is 25.8.